The fourth-order valence-corrected chi connectivity index (χ4v) is 3.14. The molecule has 2 N–H and O–H groups in total. The summed E-state index contributed by atoms with van der Waals surface area (Å²) < 4.78 is 11.1. The van der Waals surface area contributed by atoms with Crippen LogP contribution >= 0.6 is 0 Å². The van der Waals surface area contributed by atoms with Gasteiger partial charge in [-0.2, -0.15) is 0 Å². The zero-order valence-electron chi connectivity index (χ0n) is 15.6. The highest BCUT2D eigenvalue weighted by molar-refractivity contribution is 5.94. The minimum Gasteiger partial charge on any atom is -0.482 e. The number of carbonyl (C=O) groups excluding carboxylic acids is 1. The van der Waals surface area contributed by atoms with E-state index in [1.807, 2.05) is 12.1 Å². The minimum atomic E-state index is -1.07. The molecule has 7 heteroatoms. The first kappa shape index (κ1) is 19.7. The Morgan fingerprint density at radius 2 is 1.96 bits per heavy atom. The smallest absolute Gasteiger partial charge is 0.341 e. The van der Waals surface area contributed by atoms with Crippen LogP contribution in [0.15, 0.2) is 42.6 Å². The highest BCUT2D eigenvalue weighted by Gasteiger charge is 2.15. The van der Waals surface area contributed by atoms with Crippen LogP contribution in [0.4, 0.5) is 0 Å². The maximum atomic E-state index is 12.4. The lowest BCUT2D eigenvalue weighted by atomic mass is 9.98. The summed E-state index contributed by atoms with van der Waals surface area (Å²) in [4.78, 5) is 27.2. The second-order valence-electron chi connectivity index (χ2n) is 6.77. The number of hydrogen-bond acceptors (Lipinski definition) is 5. The molecule has 3 rings (SSSR count). The van der Waals surface area contributed by atoms with E-state index in [1.54, 1.807) is 24.4 Å². The van der Waals surface area contributed by atoms with Crippen LogP contribution in [0.3, 0.4) is 0 Å². The molecule has 28 heavy (non-hydrogen) atoms. The third kappa shape index (κ3) is 5.97. The quantitative estimate of drug-likeness (QED) is 0.725. The van der Waals surface area contributed by atoms with Crippen molar-refractivity contribution < 1.29 is 24.2 Å². The number of nitrogens with zero attached hydrogens (tertiary/aromatic N) is 1. The van der Waals surface area contributed by atoms with Crippen LogP contribution < -0.4 is 14.8 Å². The van der Waals surface area contributed by atoms with Gasteiger partial charge in [0.15, 0.2) is 6.61 Å². The standard InChI is InChI=1S/C21H24N2O5/c24-20(25)14-27-18-8-4-5-16(12-18)21(26)23-13-15-9-10-22-19(11-15)28-17-6-2-1-3-7-17/h4-5,8-12,17H,1-3,6-7,13-14H2,(H,23,26)(H,24,25). The Kier molecular flexibility index (Phi) is 6.84. The molecule has 0 bridgehead atoms. The van der Waals surface area contributed by atoms with Crippen molar-refractivity contribution in [2.45, 2.75) is 44.8 Å². The minimum absolute atomic E-state index is 0.222. The van der Waals surface area contributed by atoms with Gasteiger partial charge in [0.25, 0.3) is 5.91 Å². The van der Waals surface area contributed by atoms with E-state index in [4.69, 9.17) is 14.6 Å². The molecule has 7 nitrogen and oxygen atoms in total. The first-order valence-corrected chi connectivity index (χ1v) is 9.44. The van der Waals surface area contributed by atoms with Gasteiger partial charge in [0.1, 0.15) is 11.9 Å². The van der Waals surface area contributed by atoms with Crippen molar-refractivity contribution in [1.82, 2.24) is 10.3 Å². The van der Waals surface area contributed by atoms with Crippen LogP contribution in [-0.4, -0.2) is 34.7 Å². The van der Waals surface area contributed by atoms with Gasteiger partial charge >= 0.3 is 5.97 Å². The largest absolute Gasteiger partial charge is 0.482 e. The number of benzene rings is 1. The summed E-state index contributed by atoms with van der Waals surface area (Å²) in [7, 11) is 0. The molecule has 1 aliphatic carbocycles. The molecule has 1 heterocycles. The van der Waals surface area contributed by atoms with Gasteiger partial charge in [0.2, 0.25) is 5.88 Å². The van der Waals surface area contributed by atoms with Crippen LogP contribution in [0, 0.1) is 0 Å². The van der Waals surface area contributed by atoms with Gasteiger partial charge in [-0.05, 0) is 55.5 Å². The molecule has 0 radical (unpaired) electrons. The molecule has 1 saturated carbocycles. The number of pyridine rings is 1. The van der Waals surface area contributed by atoms with Gasteiger partial charge in [0, 0.05) is 24.4 Å². The first-order chi connectivity index (χ1) is 13.6. The molecular formula is C21H24N2O5. The Morgan fingerprint density at radius 3 is 2.75 bits per heavy atom. The van der Waals surface area contributed by atoms with Crippen LogP contribution in [0.5, 0.6) is 11.6 Å². The predicted molar refractivity (Wildman–Crippen MR) is 102 cm³/mol. The van der Waals surface area contributed by atoms with Gasteiger partial charge < -0.3 is 19.9 Å². The molecule has 1 fully saturated rings. The fourth-order valence-electron chi connectivity index (χ4n) is 3.14. The number of aliphatic carboxylic acids is 1. The van der Waals surface area contributed by atoms with E-state index in [2.05, 4.69) is 10.3 Å². The van der Waals surface area contributed by atoms with Crippen molar-refractivity contribution in [3.8, 4) is 11.6 Å². The summed E-state index contributed by atoms with van der Waals surface area (Å²) in [6.07, 6.45) is 7.67. The number of carboxylic acid groups (broad SMARTS) is 1. The highest BCUT2D eigenvalue weighted by Crippen LogP contribution is 2.22. The van der Waals surface area contributed by atoms with E-state index in [1.165, 1.54) is 25.3 Å². The van der Waals surface area contributed by atoms with Crippen molar-refractivity contribution in [2.24, 2.45) is 0 Å². The lowest BCUT2D eigenvalue weighted by Crippen LogP contribution is -2.23. The summed E-state index contributed by atoms with van der Waals surface area (Å²) >= 11 is 0. The number of rotatable bonds is 8. The molecular weight excluding hydrogens is 360 g/mol. The second kappa shape index (κ2) is 9.73. The maximum absolute atomic E-state index is 12.4. The Hall–Kier alpha value is -3.09. The number of carbonyl (C=O) groups is 2. The topological polar surface area (TPSA) is 97.8 Å². The van der Waals surface area contributed by atoms with E-state index in [0.717, 1.165) is 18.4 Å². The molecule has 0 spiro atoms. The van der Waals surface area contributed by atoms with Crippen LogP contribution in [0.25, 0.3) is 0 Å². The van der Waals surface area contributed by atoms with Gasteiger partial charge in [-0.1, -0.05) is 12.5 Å². The van der Waals surface area contributed by atoms with Crippen LogP contribution in [0.1, 0.15) is 48.0 Å². The lowest BCUT2D eigenvalue weighted by molar-refractivity contribution is -0.139. The maximum Gasteiger partial charge on any atom is 0.341 e. The Balaban J connectivity index is 1.55. The van der Waals surface area contributed by atoms with Crippen molar-refractivity contribution in [1.29, 1.82) is 0 Å². The molecule has 1 aromatic carbocycles. The molecule has 0 atom stereocenters. The Morgan fingerprint density at radius 1 is 1.14 bits per heavy atom. The fraction of sp³-hybridized carbons (Fsp3) is 0.381. The van der Waals surface area contributed by atoms with E-state index in [9.17, 15) is 9.59 Å². The third-order valence-corrected chi connectivity index (χ3v) is 4.55. The number of hydrogen-bond donors (Lipinski definition) is 2. The Labute approximate surface area is 163 Å². The van der Waals surface area contributed by atoms with Crippen molar-refractivity contribution in [3.05, 3.63) is 53.7 Å². The van der Waals surface area contributed by atoms with Crippen molar-refractivity contribution in [3.63, 3.8) is 0 Å². The molecule has 2 aromatic rings. The number of carboxylic acids is 1. The summed E-state index contributed by atoms with van der Waals surface area (Å²) in [6.45, 7) is -0.117. The first-order valence-electron chi connectivity index (χ1n) is 9.44. The van der Waals surface area contributed by atoms with E-state index >= 15 is 0 Å². The molecule has 0 unspecified atom stereocenters. The molecule has 148 valence electrons. The molecule has 0 aliphatic heterocycles. The number of nitrogens with one attached hydrogen (secondary N) is 1. The molecule has 1 aliphatic rings. The van der Waals surface area contributed by atoms with Gasteiger partial charge in [-0.3, -0.25) is 4.79 Å². The number of ether oxygens (including phenoxy) is 2. The second-order valence-corrected chi connectivity index (χ2v) is 6.77. The van der Waals surface area contributed by atoms with Crippen molar-refractivity contribution in [2.75, 3.05) is 6.61 Å². The van der Waals surface area contributed by atoms with Crippen LogP contribution in [0.2, 0.25) is 0 Å². The SMILES string of the molecule is O=C(O)COc1cccc(C(=O)NCc2ccnc(OC3CCCCC3)c2)c1. The van der Waals surface area contributed by atoms with Gasteiger partial charge in [-0.25, -0.2) is 9.78 Å². The number of aromatic nitrogens is 1. The van der Waals surface area contributed by atoms with E-state index < -0.39 is 12.6 Å². The van der Waals surface area contributed by atoms with Crippen LogP contribution in [-0.2, 0) is 11.3 Å². The molecule has 0 saturated heterocycles. The van der Waals surface area contributed by atoms with Gasteiger partial charge in [-0.15, -0.1) is 0 Å². The monoisotopic (exact) mass is 384 g/mol. The highest BCUT2D eigenvalue weighted by atomic mass is 16.5. The number of amides is 1. The summed E-state index contributed by atoms with van der Waals surface area (Å²) in [6, 6.07) is 10.1. The summed E-state index contributed by atoms with van der Waals surface area (Å²) in [5.41, 5.74) is 1.29. The normalized spacial score (nSPS) is 14.3. The van der Waals surface area contributed by atoms with E-state index in [0.29, 0.717) is 23.7 Å². The predicted octanol–water partition coefficient (Wildman–Crippen LogP) is 3.19. The molecule has 1 aromatic heterocycles. The summed E-state index contributed by atoms with van der Waals surface area (Å²) in [5, 5.41) is 11.5. The molecule has 1 amide bonds. The Bertz CT molecular complexity index is 818. The zero-order valence-corrected chi connectivity index (χ0v) is 15.6. The lowest BCUT2D eigenvalue weighted by Gasteiger charge is -2.22. The van der Waals surface area contributed by atoms with Gasteiger partial charge in [0.05, 0.1) is 0 Å². The average Bonchev–Trinajstić information content (AvgIpc) is 2.72. The van der Waals surface area contributed by atoms with Crippen molar-refractivity contribution >= 4 is 11.9 Å². The summed E-state index contributed by atoms with van der Waals surface area (Å²) in [5.74, 6) is -0.420. The third-order valence-electron chi connectivity index (χ3n) is 4.55. The average molecular weight is 384 g/mol. The van der Waals surface area contributed by atoms with E-state index in [-0.39, 0.29) is 12.0 Å². The zero-order chi connectivity index (χ0) is 19.8.